The molecule has 2 bridgehead atoms. The molecule has 2 N–H and O–H groups in total. The maximum absolute atomic E-state index is 13.2. The van der Waals surface area contributed by atoms with Crippen molar-refractivity contribution in [3.8, 4) is 0 Å². The number of aromatic nitrogens is 2. The van der Waals surface area contributed by atoms with Crippen molar-refractivity contribution >= 4 is 61.5 Å². The van der Waals surface area contributed by atoms with Crippen molar-refractivity contribution in [2.75, 3.05) is 0 Å². The molecule has 8 nitrogen and oxygen atoms in total. The molecule has 0 spiro atoms. The maximum Gasteiger partial charge on any atom is 0.407 e. The van der Waals surface area contributed by atoms with E-state index in [-0.39, 0.29) is 36.0 Å². The Kier molecular flexibility index (Phi) is 2.65. The SMILES string of the molecule is O=C1N[C@H]2C3CC([C@H]2O1)n1c2ccccc2c2c4c(c5c6ccccc6n3c5c21)C(=O)NC4=O. The maximum atomic E-state index is 13.2. The molecule has 1 saturated heterocycles. The van der Waals surface area contributed by atoms with Crippen LogP contribution >= 0.6 is 0 Å². The number of nitrogens with one attached hydrogen (secondary N) is 2. The molecule has 0 radical (unpaired) electrons. The van der Waals surface area contributed by atoms with Crippen LogP contribution in [0.15, 0.2) is 48.5 Å². The molecule has 1 saturated carbocycles. The van der Waals surface area contributed by atoms with Crippen LogP contribution in [0.5, 0.6) is 0 Å². The van der Waals surface area contributed by atoms with Gasteiger partial charge in [-0.1, -0.05) is 36.4 Å². The highest BCUT2D eigenvalue weighted by Gasteiger charge is 2.55. The zero-order chi connectivity index (χ0) is 22.5. The number of fused-ring (bicyclic) bond motifs is 11. The van der Waals surface area contributed by atoms with E-state index >= 15 is 0 Å². The standard InChI is InChI=1S/C26H16N4O4/c31-24-18-16-10-5-1-3-7-12(10)29-14-9-15(23-20(14)27-26(33)34-23)30-13-8-4-2-6-11(13)17(22(30)21(16)29)19(18)25(32)28-24/h1-8,14-15,20,23H,9H2,(H,27,33)(H,28,31,32)/t14?,15?,20-,23+/m0/s1. The smallest absolute Gasteiger partial charge is 0.407 e. The fraction of sp³-hybridized carbons (Fsp3) is 0.192. The molecule has 3 amide bonds. The van der Waals surface area contributed by atoms with E-state index in [2.05, 4.69) is 25.8 Å². The summed E-state index contributed by atoms with van der Waals surface area (Å²) >= 11 is 0. The Bertz CT molecular complexity index is 1730. The van der Waals surface area contributed by atoms with Gasteiger partial charge < -0.3 is 19.2 Å². The minimum Gasteiger partial charge on any atom is -0.442 e. The quantitative estimate of drug-likeness (QED) is 0.353. The fourth-order valence-electron chi connectivity index (χ4n) is 7.25. The number of nitrogens with zero attached hydrogens (tertiary/aromatic N) is 2. The van der Waals surface area contributed by atoms with Crippen LogP contribution < -0.4 is 10.6 Å². The largest absolute Gasteiger partial charge is 0.442 e. The molecule has 2 unspecified atom stereocenters. The summed E-state index contributed by atoms with van der Waals surface area (Å²) in [7, 11) is 0. The molecule has 2 aromatic heterocycles. The molecule has 9 rings (SSSR count). The Hall–Kier alpha value is -4.33. The van der Waals surface area contributed by atoms with Gasteiger partial charge in [0.1, 0.15) is 6.10 Å². The van der Waals surface area contributed by atoms with Crippen LogP contribution in [-0.4, -0.2) is 39.2 Å². The summed E-state index contributed by atoms with van der Waals surface area (Å²) in [6, 6.07) is 15.7. The van der Waals surface area contributed by atoms with Gasteiger partial charge in [-0.25, -0.2) is 4.79 Å². The molecule has 164 valence electrons. The van der Waals surface area contributed by atoms with Gasteiger partial charge in [0.2, 0.25) is 0 Å². The normalized spacial score (nSPS) is 26.4. The van der Waals surface area contributed by atoms with Gasteiger partial charge in [-0.05, 0) is 18.6 Å². The van der Waals surface area contributed by atoms with Gasteiger partial charge >= 0.3 is 6.09 Å². The number of carbonyl (C=O) groups excluding carboxylic acids is 3. The third kappa shape index (κ3) is 1.64. The number of hydrogen-bond donors (Lipinski definition) is 2. The molecule has 4 aliphatic rings. The first kappa shape index (κ1) is 17.2. The third-order valence-corrected chi connectivity index (χ3v) is 8.30. The minimum absolute atomic E-state index is 0.0380. The lowest BCUT2D eigenvalue weighted by molar-refractivity contribution is 0.0880. The topological polar surface area (TPSA) is 94.4 Å². The lowest BCUT2D eigenvalue weighted by Crippen LogP contribution is -2.36. The zero-order valence-corrected chi connectivity index (χ0v) is 17.7. The second-order valence-electron chi connectivity index (χ2n) is 9.67. The summed E-state index contributed by atoms with van der Waals surface area (Å²) in [6.07, 6.45) is 0.0640. The average Bonchev–Trinajstić information content (AvgIpc) is 3.58. The van der Waals surface area contributed by atoms with E-state index in [9.17, 15) is 14.4 Å². The molecule has 5 aromatic rings. The number of benzene rings is 3. The Balaban J connectivity index is 1.65. The van der Waals surface area contributed by atoms with E-state index < -0.39 is 6.09 Å². The zero-order valence-electron chi connectivity index (χ0n) is 17.7. The molecule has 4 atom stereocenters. The predicted molar refractivity (Wildman–Crippen MR) is 124 cm³/mol. The Labute approximate surface area is 191 Å². The third-order valence-electron chi connectivity index (χ3n) is 8.30. The number of amides is 3. The van der Waals surface area contributed by atoms with Crippen LogP contribution in [-0.2, 0) is 4.74 Å². The molecule has 1 aliphatic carbocycles. The summed E-state index contributed by atoms with van der Waals surface area (Å²) < 4.78 is 10.4. The van der Waals surface area contributed by atoms with E-state index in [0.29, 0.717) is 11.1 Å². The summed E-state index contributed by atoms with van der Waals surface area (Å²) in [5.41, 5.74) is 4.75. The first-order chi connectivity index (χ1) is 16.6. The summed E-state index contributed by atoms with van der Waals surface area (Å²) in [5, 5.41) is 9.08. The van der Waals surface area contributed by atoms with Crippen LogP contribution in [0.1, 0.15) is 39.2 Å². The number of rotatable bonds is 0. The van der Waals surface area contributed by atoms with Crippen molar-refractivity contribution in [1.29, 1.82) is 0 Å². The monoisotopic (exact) mass is 448 g/mol. The van der Waals surface area contributed by atoms with Crippen molar-refractivity contribution in [2.24, 2.45) is 0 Å². The second kappa shape index (κ2) is 5.25. The highest BCUT2D eigenvalue weighted by Crippen LogP contribution is 2.54. The van der Waals surface area contributed by atoms with Crippen LogP contribution in [0.4, 0.5) is 4.79 Å². The minimum atomic E-state index is -0.395. The second-order valence-corrected chi connectivity index (χ2v) is 9.67. The summed E-state index contributed by atoms with van der Waals surface area (Å²) in [5.74, 6) is -0.714. The van der Waals surface area contributed by atoms with Gasteiger partial charge in [0.25, 0.3) is 11.8 Å². The van der Waals surface area contributed by atoms with Gasteiger partial charge in [-0.15, -0.1) is 0 Å². The summed E-state index contributed by atoms with van der Waals surface area (Å²) in [4.78, 5) is 38.7. The van der Waals surface area contributed by atoms with Gasteiger partial charge in [-0.2, -0.15) is 0 Å². The van der Waals surface area contributed by atoms with E-state index in [0.717, 1.165) is 50.0 Å². The molecule has 3 aromatic carbocycles. The van der Waals surface area contributed by atoms with Gasteiger partial charge in [0.15, 0.2) is 0 Å². The van der Waals surface area contributed by atoms with Gasteiger partial charge in [-0.3, -0.25) is 14.9 Å². The lowest BCUT2D eigenvalue weighted by atomic mass is 9.96. The number of hydrogen-bond acceptors (Lipinski definition) is 4. The van der Waals surface area contributed by atoms with Crippen LogP contribution in [0.3, 0.4) is 0 Å². The van der Waals surface area contributed by atoms with Crippen molar-refractivity contribution in [2.45, 2.75) is 30.7 Å². The Morgan fingerprint density at radius 3 is 1.94 bits per heavy atom. The van der Waals surface area contributed by atoms with Crippen molar-refractivity contribution in [3.05, 3.63) is 59.7 Å². The molecule has 3 aliphatic heterocycles. The molecule has 8 heteroatoms. The predicted octanol–water partition coefficient (Wildman–Crippen LogP) is 3.76. The van der Waals surface area contributed by atoms with E-state index in [4.69, 9.17) is 4.74 Å². The van der Waals surface area contributed by atoms with Crippen LogP contribution in [0, 0.1) is 0 Å². The first-order valence-corrected chi connectivity index (χ1v) is 11.5. The molecular weight excluding hydrogens is 432 g/mol. The Morgan fingerprint density at radius 2 is 1.32 bits per heavy atom. The lowest BCUT2D eigenvalue weighted by Gasteiger charge is -2.23. The molecular formula is C26H16N4O4. The first-order valence-electron chi connectivity index (χ1n) is 11.5. The highest BCUT2D eigenvalue weighted by atomic mass is 16.6. The summed E-state index contributed by atoms with van der Waals surface area (Å²) in [6.45, 7) is 0. The van der Waals surface area contributed by atoms with Crippen molar-refractivity contribution < 1.29 is 19.1 Å². The van der Waals surface area contributed by atoms with Gasteiger partial charge in [0, 0.05) is 32.6 Å². The van der Waals surface area contributed by atoms with E-state index in [1.54, 1.807) is 0 Å². The van der Waals surface area contributed by atoms with Crippen LogP contribution in [0.25, 0.3) is 43.6 Å². The number of ether oxygens (including phenoxy) is 1. The molecule has 2 fully saturated rings. The number of alkyl carbamates (subject to hydrolysis) is 1. The van der Waals surface area contributed by atoms with Crippen molar-refractivity contribution in [1.82, 2.24) is 19.8 Å². The molecule has 34 heavy (non-hydrogen) atoms. The van der Waals surface area contributed by atoms with Gasteiger partial charge in [0.05, 0.1) is 40.3 Å². The number of imide groups is 1. The average molecular weight is 448 g/mol. The van der Waals surface area contributed by atoms with E-state index in [1.807, 2.05) is 42.5 Å². The van der Waals surface area contributed by atoms with Crippen LogP contribution in [0.2, 0.25) is 0 Å². The number of carbonyl (C=O) groups is 3. The Morgan fingerprint density at radius 1 is 0.765 bits per heavy atom. The fourth-order valence-corrected chi connectivity index (χ4v) is 7.25. The molecule has 5 heterocycles. The number of para-hydroxylation sites is 2. The highest BCUT2D eigenvalue weighted by molar-refractivity contribution is 6.39. The van der Waals surface area contributed by atoms with E-state index in [1.165, 1.54) is 0 Å². The van der Waals surface area contributed by atoms with Crippen molar-refractivity contribution in [3.63, 3.8) is 0 Å².